The van der Waals surface area contributed by atoms with Crippen LogP contribution in [0.15, 0.2) is 71.5 Å². The molecule has 162 valence electrons. The molecule has 0 spiro atoms. The van der Waals surface area contributed by atoms with Gasteiger partial charge in [-0.05, 0) is 68.9 Å². The zero-order valence-corrected chi connectivity index (χ0v) is 20.8. The number of rotatable bonds is 3. The third-order valence-corrected chi connectivity index (χ3v) is 11.5. The highest BCUT2D eigenvalue weighted by Gasteiger charge is 2.41. The van der Waals surface area contributed by atoms with Gasteiger partial charge in [0.1, 0.15) is 21.2 Å². The van der Waals surface area contributed by atoms with E-state index in [1.165, 1.54) is 78.3 Å². The van der Waals surface area contributed by atoms with E-state index in [1.807, 2.05) is 0 Å². The number of hydrogen-bond acceptors (Lipinski definition) is 1. The first-order chi connectivity index (χ1) is 15.6. The van der Waals surface area contributed by atoms with E-state index < -0.39 is 8.07 Å². The van der Waals surface area contributed by atoms with Gasteiger partial charge in [-0.15, -0.1) is 11.6 Å². The van der Waals surface area contributed by atoms with Crippen molar-refractivity contribution in [2.45, 2.75) is 31.8 Å². The summed E-state index contributed by atoms with van der Waals surface area (Å²) >= 11 is 6.23. The Morgan fingerprint density at radius 3 is 2.53 bits per heavy atom. The van der Waals surface area contributed by atoms with Crippen molar-refractivity contribution in [2.75, 3.05) is 31.1 Å². The molecule has 4 heteroatoms. The number of fused-ring (bicyclic) bond motifs is 2. The molecule has 4 aliphatic rings. The first-order valence-corrected chi connectivity index (χ1v) is 15.4. The van der Waals surface area contributed by atoms with Crippen molar-refractivity contribution in [3.8, 4) is 0 Å². The van der Waals surface area contributed by atoms with Gasteiger partial charge in [-0.3, -0.25) is 0 Å². The van der Waals surface area contributed by atoms with Crippen LogP contribution in [0.1, 0.15) is 29.5 Å². The first-order valence-electron chi connectivity index (χ1n) is 11.9. The summed E-state index contributed by atoms with van der Waals surface area (Å²) in [6.45, 7) is 9.82. The maximum absolute atomic E-state index is 6.23. The SMILES string of the molecule is C[Si]1(C)C2=CC(=[N+]3CCC3)C=CC2=C(c2cccc(CCl)c2)c2ccc(N3CCC3)cc21. The lowest BCUT2D eigenvalue weighted by molar-refractivity contribution is -0.582. The minimum Gasteiger partial charge on any atom is -0.371 e. The highest BCUT2D eigenvalue weighted by atomic mass is 35.5. The van der Waals surface area contributed by atoms with Gasteiger partial charge in [-0.25, -0.2) is 4.58 Å². The highest BCUT2D eigenvalue weighted by molar-refractivity contribution is 6.98. The van der Waals surface area contributed by atoms with Crippen molar-refractivity contribution in [3.63, 3.8) is 0 Å². The summed E-state index contributed by atoms with van der Waals surface area (Å²) in [6.07, 6.45) is 9.87. The molecule has 1 aliphatic carbocycles. The molecule has 0 aromatic heterocycles. The fraction of sp³-hybridized carbons (Fsp3) is 0.321. The van der Waals surface area contributed by atoms with Crippen LogP contribution in [-0.2, 0) is 5.88 Å². The van der Waals surface area contributed by atoms with Crippen LogP contribution in [0.5, 0.6) is 0 Å². The molecule has 0 N–H and O–H groups in total. The summed E-state index contributed by atoms with van der Waals surface area (Å²) in [5.74, 6) is 0.545. The molecule has 3 aliphatic heterocycles. The predicted molar refractivity (Wildman–Crippen MR) is 139 cm³/mol. The largest absolute Gasteiger partial charge is 0.371 e. The van der Waals surface area contributed by atoms with Gasteiger partial charge in [-0.1, -0.05) is 37.4 Å². The molecule has 2 fully saturated rings. The summed E-state index contributed by atoms with van der Waals surface area (Å²) in [5, 5.41) is 3.14. The lowest BCUT2D eigenvalue weighted by atomic mass is 9.89. The number of benzene rings is 2. The molecule has 0 saturated carbocycles. The minimum absolute atomic E-state index is 0.545. The fourth-order valence-electron chi connectivity index (χ4n) is 5.49. The van der Waals surface area contributed by atoms with E-state index in [0.29, 0.717) is 5.88 Å². The van der Waals surface area contributed by atoms with Crippen molar-refractivity contribution in [2.24, 2.45) is 0 Å². The molecule has 32 heavy (non-hydrogen) atoms. The van der Waals surface area contributed by atoms with Crippen molar-refractivity contribution >= 4 is 41.8 Å². The number of nitrogens with zero attached hydrogens (tertiary/aromatic N) is 2. The van der Waals surface area contributed by atoms with Gasteiger partial charge >= 0.3 is 0 Å². The summed E-state index contributed by atoms with van der Waals surface area (Å²) in [7, 11) is -1.86. The van der Waals surface area contributed by atoms with E-state index >= 15 is 0 Å². The second-order valence-electron chi connectivity index (χ2n) is 9.97. The van der Waals surface area contributed by atoms with Crippen molar-refractivity contribution in [1.82, 2.24) is 0 Å². The van der Waals surface area contributed by atoms with E-state index in [4.69, 9.17) is 11.6 Å². The van der Waals surface area contributed by atoms with Crippen LogP contribution < -0.4 is 10.1 Å². The van der Waals surface area contributed by atoms with Crippen LogP contribution in [0.4, 0.5) is 5.69 Å². The standard InChI is InChI=1S/C28H30ClN2Si/c1-32(2)26-17-22(30-12-4-13-30)8-10-24(26)28(21-7-3-6-20(16-21)19-29)25-11-9-23(18-27(25)32)31-14-5-15-31/h3,6-11,16-18H,4-5,12-15,19H2,1-2H3/q+1. The maximum Gasteiger partial charge on any atom is 0.199 e. The monoisotopic (exact) mass is 457 g/mol. The number of anilines is 1. The molecule has 0 amide bonds. The number of alkyl halides is 1. The molecule has 2 saturated heterocycles. The Morgan fingerprint density at radius 1 is 1.00 bits per heavy atom. The van der Waals surface area contributed by atoms with Gasteiger partial charge in [0.05, 0.1) is 6.42 Å². The molecule has 2 aromatic carbocycles. The molecule has 0 radical (unpaired) electrons. The van der Waals surface area contributed by atoms with Crippen molar-refractivity contribution in [1.29, 1.82) is 0 Å². The van der Waals surface area contributed by atoms with Crippen LogP contribution in [0.3, 0.4) is 0 Å². The lowest BCUT2D eigenvalue weighted by Gasteiger charge is -2.40. The van der Waals surface area contributed by atoms with Crippen LogP contribution in [0, 0.1) is 0 Å². The lowest BCUT2D eigenvalue weighted by Crippen LogP contribution is -2.50. The predicted octanol–water partition coefficient (Wildman–Crippen LogP) is 5.26. The molecule has 0 bridgehead atoms. The summed E-state index contributed by atoms with van der Waals surface area (Å²) in [6, 6.07) is 16.1. The van der Waals surface area contributed by atoms with Crippen LogP contribution in [0.25, 0.3) is 5.57 Å². The van der Waals surface area contributed by atoms with Crippen LogP contribution in [-0.4, -0.2) is 44.5 Å². The highest BCUT2D eigenvalue weighted by Crippen LogP contribution is 2.42. The zero-order valence-electron chi connectivity index (χ0n) is 19.0. The first kappa shape index (κ1) is 20.3. The zero-order chi connectivity index (χ0) is 21.9. The van der Waals surface area contributed by atoms with E-state index in [2.05, 4.69) is 83.3 Å². The topological polar surface area (TPSA) is 6.25 Å². The van der Waals surface area contributed by atoms with Crippen LogP contribution >= 0.6 is 11.6 Å². The van der Waals surface area contributed by atoms with Gasteiger partial charge in [0.2, 0.25) is 0 Å². The third-order valence-electron chi connectivity index (χ3n) is 7.70. The summed E-state index contributed by atoms with van der Waals surface area (Å²) in [5.41, 5.74) is 9.46. The normalized spacial score (nSPS) is 21.0. The molecule has 3 heterocycles. The van der Waals surface area contributed by atoms with E-state index in [0.717, 1.165) is 0 Å². The molecular weight excluding hydrogens is 428 g/mol. The molecule has 0 unspecified atom stereocenters. The van der Waals surface area contributed by atoms with Crippen LogP contribution in [0.2, 0.25) is 13.1 Å². The summed E-state index contributed by atoms with van der Waals surface area (Å²) in [4.78, 5) is 2.52. The number of allylic oxidation sites excluding steroid dienone is 5. The van der Waals surface area contributed by atoms with E-state index in [1.54, 1.807) is 10.4 Å². The number of hydrogen-bond donors (Lipinski definition) is 0. The molecule has 0 atom stereocenters. The summed E-state index contributed by atoms with van der Waals surface area (Å²) < 4.78 is 2.52. The third kappa shape index (κ3) is 3.09. The second-order valence-corrected chi connectivity index (χ2v) is 14.6. The van der Waals surface area contributed by atoms with Gasteiger partial charge in [0.25, 0.3) is 0 Å². The molecule has 2 aromatic rings. The Balaban J connectivity index is 1.61. The average molecular weight is 458 g/mol. The van der Waals surface area contributed by atoms with E-state index in [9.17, 15) is 0 Å². The maximum atomic E-state index is 6.23. The molecule has 6 rings (SSSR count). The van der Waals surface area contributed by atoms with Gasteiger partial charge < -0.3 is 4.90 Å². The van der Waals surface area contributed by atoms with E-state index in [-0.39, 0.29) is 0 Å². The Kier molecular flexibility index (Phi) is 4.81. The average Bonchev–Trinajstić information content (AvgIpc) is 2.72. The minimum atomic E-state index is -1.86. The molecular formula is C28H30ClN2Si+. The van der Waals surface area contributed by atoms with Gasteiger partial charge in [0, 0.05) is 36.8 Å². The van der Waals surface area contributed by atoms with Gasteiger partial charge in [0.15, 0.2) is 5.71 Å². The van der Waals surface area contributed by atoms with Gasteiger partial charge in [-0.2, -0.15) is 0 Å². The second kappa shape index (κ2) is 7.60. The van der Waals surface area contributed by atoms with Crippen molar-refractivity contribution < 1.29 is 4.58 Å². The Labute approximate surface area is 197 Å². The quantitative estimate of drug-likeness (QED) is 0.346. The Morgan fingerprint density at radius 2 is 1.84 bits per heavy atom. The Bertz CT molecular complexity index is 1240. The molecule has 2 nitrogen and oxygen atoms in total. The smallest absolute Gasteiger partial charge is 0.199 e. The van der Waals surface area contributed by atoms with Crippen molar-refractivity contribution in [3.05, 3.63) is 88.2 Å². The Hall–Kier alpha value is -2.36. The fourth-order valence-corrected chi connectivity index (χ4v) is 8.73. The number of halogens is 1.